The first kappa shape index (κ1) is 10.2. The molecule has 1 aromatic carbocycles. The van der Waals surface area contributed by atoms with Crippen LogP contribution in [0, 0.1) is 0 Å². The summed E-state index contributed by atoms with van der Waals surface area (Å²) in [5, 5.41) is 0. The third kappa shape index (κ3) is 3.58. The Bertz CT molecular complexity index is 330. The van der Waals surface area contributed by atoms with Gasteiger partial charge in [0.25, 0.3) is 0 Å². The highest BCUT2D eigenvalue weighted by atomic mass is 31.2. The number of hydrogen-bond donors (Lipinski definition) is 1. The molecule has 3 heteroatoms. The van der Waals surface area contributed by atoms with Crippen LogP contribution in [0.4, 0.5) is 0 Å². The number of benzene rings is 1. The van der Waals surface area contributed by atoms with Crippen molar-refractivity contribution in [3.8, 4) is 0 Å². The summed E-state index contributed by atoms with van der Waals surface area (Å²) in [7, 11) is -3.02. The van der Waals surface area contributed by atoms with Crippen LogP contribution in [0.15, 0.2) is 36.1 Å². The maximum absolute atomic E-state index is 11.2. The molecule has 0 aliphatic heterocycles. The van der Waals surface area contributed by atoms with E-state index >= 15 is 0 Å². The van der Waals surface area contributed by atoms with Gasteiger partial charge in [-0.25, -0.2) is 0 Å². The van der Waals surface area contributed by atoms with Crippen LogP contribution < -0.4 is 0 Å². The SMILES string of the molecule is CCP(=O)(O)C=Cc1ccccc1. The zero-order chi connectivity index (χ0) is 9.73. The number of rotatable bonds is 3. The minimum atomic E-state index is -3.02. The lowest BCUT2D eigenvalue weighted by atomic mass is 10.2. The molecular formula is C10H13O2P. The number of hydrogen-bond acceptors (Lipinski definition) is 1. The molecule has 0 saturated heterocycles. The average Bonchev–Trinajstić information content (AvgIpc) is 2.17. The summed E-state index contributed by atoms with van der Waals surface area (Å²) >= 11 is 0. The van der Waals surface area contributed by atoms with Crippen LogP contribution in [-0.4, -0.2) is 11.1 Å². The summed E-state index contributed by atoms with van der Waals surface area (Å²) < 4.78 is 11.2. The monoisotopic (exact) mass is 196 g/mol. The van der Waals surface area contributed by atoms with Crippen molar-refractivity contribution in [2.45, 2.75) is 6.92 Å². The van der Waals surface area contributed by atoms with Crippen molar-refractivity contribution in [3.05, 3.63) is 41.7 Å². The van der Waals surface area contributed by atoms with E-state index in [1.807, 2.05) is 30.3 Å². The molecule has 1 unspecified atom stereocenters. The standard InChI is InChI=1S/C10H13O2P/c1-2-13(11,12)9-8-10-6-4-3-5-7-10/h3-9H,2H2,1H3,(H,11,12). The molecule has 0 amide bonds. The van der Waals surface area contributed by atoms with Crippen LogP contribution in [0.3, 0.4) is 0 Å². The van der Waals surface area contributed by atoms with E-state index in [2.05, 4.69) is 0 Å². The van der Waals surface area contributed by atoms with Crippen molar-refractivity contribution in [1.29, 1.82) is 0 Å². The lowest BCUT2D eigenvalue weighted by molar-refractivity contribution is 0.490. The van der Waals surface area contributed by atoms with E-state index in [0.717, 1.165) is 5.56 Å². The van der Waals surface area contributed by atoms with Crippen LogP contribution in [0.25, 0.3) is 6.08 Å². The van der Waals surface area contributed by atoms with Crippen molar-refractivity contribution >= 4 is 13.4 Å². The molecule has 0 heterocycles. The Kier molecular flexibility index (Phi) is 3.47. The third-order valence-corrected chi connectivity index (χ3v) is 3.27. The van der Waals surface area contributed by atoms with Crippen molar-refractivity contribution in [1.82, 2.24) is 0 Å². The van der Waals surface area contributed by atoms with Gasteiger partial charge in [0, 0.05) is 12.0 Å². The van der Waals surface area contributed by atoms with Gasteiger partial charge in [-0.3, -0.25) is 4.57 Å². The lowest BCUT2D eigenvalue weighted by Gasteiger charge is -2.00. The smallest absolute Gasteiger partial charge is 0.222 e. The summed E-state index contributed by atoms with van der Waals surface area (Å²) in [5.74, 6) is 1.39. The van der Waals surface area contributed by atoms with Crippen LogP contribution in [0.2, 0.25) is 0 Å². The summed E-state index contributed by atoms with van der Waals surface area (Å²) in [6.07, 6.45) is 1.97. The molecule has 0 spiro atoms. The highest BCUT2D eigenvalue weighted by Gasteiger charge is 2.08. The summed E-state index contributed by atoms with van der Waals surface area (Å²) in [6, 6.07) is 9.50. The van der Waals surface area contributed by atoms with Crippen LogP contribution in [-0.2, 0) is 4.57 Å². The summed E-state index contributed by atoms with van der Waals surface area (Å²) in [4.78, 5) is 9.25. The molecule has 1 aromatic rings. The van der Waals surface area contributed by atoms with Gasteiger partial charge < -0.3 is 4.89 Å². The van der Waals surface area contributed by atoms with E-state index in [-0.39, 0.29) is 6.16 Å². The lowest BCUT2D eigenvalue weighted by Crippen LogP contribution is -1.77. The Morgan fingerprint density at radius 2 is 2.00 bits per heavy atom. The summed E-state index contributed by atoms with van der Waals surface area (Å²) in [5.41, 5.74) is 0.949. The van der Waals surface area contributed by atoms with Gasteiger partial charge in [0.05, 0.1) is 0 Å². The third-order valence-electron chi connectivity index (χ3n) is 1.75. The first-order valence-electron chi connectivity index (χ1n) is 4.20. The van der Waals surface area contributed by atoms with Gasteiger partial charge in [-0.05, 0) is 11.6 Å². The minimum Gasteiger partial charge on any atom is -0.341 e. The van der Waals surface area contributed by atoms with Crippen molar-refractivity contribution in [2.75, 3.05) is 6.16 Å². The Hall–Kier alpha value is -0.850. The predicted molar refractivity (Wildman–Crippen MR) is 55.8 cm³/mol. The molecule has 13 heavy (non-hydrogen) atoms. The molecule has 1 rings (SSSR count). The normalized spacial score (nSPS) is 15.8. The Labute approximate surface area is 78.4 Å². The van der Waals surface area contributed by atoms with Crippen LogP contribution in [0.1, 0.15) is 12.5 Å². The maximum atomic E-state index is 11.2. The molecular weight excluding hydrogens is 183 g/mol. The topological polar surface area (TPSA) is 37.3 Å². The van der Waals surface area contributed by atoms with Crippen molar-refractivity contribution in [2.24, 2.45) is 0 Å². The largest absolute Gasteiger partial charge is 0.341 e. The fraction of sp³-hybridized carbons (Fsp3) is 0.200. The van der Waals surface area contributed by atoms with Crippen LogP contribution in [0.5, 0.6) is 0 Å². The van der Waals surface area contributed by atoms with Crippen LogP contribution >= 0.6 is 7.37 Å². The minimum absolute atomic E-state index is 0.288. The second-order valence-electron chi connectivity index (χ2n) is 2.80. The Balaban J connectivity index is 2.75. The van der Waals surface area contributed by atoms with E-state index in [1.54, 1.807) is 13.0 Å². The molecule has 0 aliphatic rings. The second kappa shape index (κ2) is 4.40. The molecule has 0 fully saturated rings. The van der Waals surface area contributed by atoms with Crippen molar-refractivity contribution < 1.29 is 9.46 Å². The fourth-order valence-corrected chi connectivity index (χ4v) is 1.49. The van der Waals surface area contributed by atoms with Gasteiger partial charge in [-0.15, -0.1) is 0 Å². The first-order valence-corrected chi connectivity index (χ1v) is 6.11. The molecule has 0 bridgehead atoms. The molecule has 2 nitrogen and oxygen atoms in total. The first-order chi connectivity index (χ1) is 6.14. The molecule has 0 aromatic heterocycles. The second-order valence-corrected chi connectivity index (χ2v) is 5.24. The fourth-order valence-electron chi connectivity index (χ4n) is 0.872. The summed E-state index contributed by atoms with van der Waals surface area (Å²) in [6.45, 7) is 1.70. The molecule has 70 valence electrons. The van der Waals surface area contributed by atoms with E-state index < -0.39 is 7.37 Å². The highest BCUT2D eigenvalue weighted by Crippen LogP contribution is 2.41. The molecule has 1 N–H and O–H groups in total. The van der Waals surface area contributed by atoms with E-state index in [4.69, 9.17) is 0 Å². The zero-order valence-electron chi connectivity index (χ0n) is 7.55. The average molecular weight is 196 g/mol. The molecule has 0 radical (unpaired) electrons. The van der Waals surface area contributed by atoms with E-state index in [9.17, 15) is 9.46 Å². The Morgan fingerprint density at radius 1 is 1.38 bits per heavy atom. The van der Waals surface area contributed by atoms with Gasteiger partial charge >= 0.3 is 0 Å². The highest BCUT2D eigenvalue weighted by molar-refractivity contribution is 7.61. The van der Waals surface area contributed by atoms with E-state index in [1.165, 1.54) is 5.82 Å². The van der Waals surface area contributed by atoms with Crippen molar-refractivity contribution in [3.63, 3.8) is 0 Å². The molecule has 1 atom stereocenters. The van der Waals surface area contributed by atoms with Gasteiger partial charge in [0.2, 0.25) is 7.37 Å². The van der Waals surface area contributed by atoms with Gasteiger partial charge in [0.1, 0.15) is 0 Å². The van der Waals surface area contributed by atoms with Gasteiger partial charge in [0.15, 0.2) is 0 Å². The predicted octanol–water partition coefficient (Wildman–Crippen LogP) is 2.95. The van der Waals surface area contributed by atoms with Gasteiger partial charge in [-0.1, -0.05) is 37.3 Å². The van der Waals surface area contributed by atoms with E-state index in [0.29, 0.717) is 0 Å². The quantitative estimate of drug-likeness (QED) is 0.754. The molecule has 0 saturated carbocycles. The molecule has 0 aliphatic carbocycles. The Morgan fingerprint density at radius 3 is 2.54 bits per heavy atom. The maximum Gasteiger partial charge on any atom is 0.222 e. The zero-order valence-corrected chi connectivity index (χ0v) is 8.45. The van der Waals surface area contributed by atoms with Gasteiger partial charge in [-0.2, -0.15) is 0 Å².